The van der Waals surface area contributed by atoms with Crippen LogP contribution in [-0.4, -0.2) is 85.9 Å². The minimum atomic E-state index is -0.877. The number of amides is 4. The van der Waals surface area contributed by atoms with Crippen LogP contribution in [-0.2, 0) is 29.1 Å². The third kappa shape index (κ3) is 7.22. The smallest absolute Gasteiger partial charge is 0.334 e. The SMILES string of the molecule is C=CCN1CC(=O)N2C(CN(Cc3cccc(-c4ccc(SC)cc4)n3)C(=O)[C@@H]2Cc2ccc(O)cc2)N1C(=O)NCc1ccccc1. The number of benzene rings is 3. The topological polar surface area (TPSA) is 109 Å². The first-order valence-electron chi connectivity index (χ1n) is 15.8. The Kier molecular flexibility index (Phi) is 10.1. The molecule has 2 aliphatic rings. The van der Waals surface area contributed by atoms with E-state index < -0.39 is 12.2 Å². The molecule has 4 amide bonds. The molecule has 3 aromatic carbocycles. The van der Waals surface area contributed by atoms with Crippen LogP contribution in [0.4, 0.5) is 4.79 Å². The Morgan fingerprint density at radius 2 is 1.73 bits per heavy atom. The van der Waals surface area contributed by atoms with Crippen molar-refractivity contribution in [3.63, 3.8) is 0 Å². The zero-order valence-electron chi connectivity index (χ0n) is 26.7. The van der Waals surface area contributed by atoms with Crippen LogP contribution in [0.15, 0.2) is 115 Å². The van der Waals surface area contributed by atoms with Crippen molar-refractivity contribution in [1.82, 2.24) is 30.1 Å². The minimum Gasteiger partial charge on any atom is -0.508 e. The van der Waals surface area contributed by atoms with Gasteiger partial charge in [0.1, 0.15) is 18.0 Å². The molecule has 4 aromatic rings. The van der Waals surface area contributed by atoms with Gasteiger partial charge in [0, 0.05) is 30.0 Å². The summed E-state index contributed by atoms with van der Waals surface area (Å²) < 4.78 is 0. The number of hydrogen-bond acceptors (Lipinski definition) is 7. The molecule has 2 atom stereocenters. The number of phenolic OH excluding ortho intramolecular Hbond substituents is 1. The van der Waals surface area contributed by atoms with Gasteiger partial charge in [-0.25, -0.2) is 14.8 Å². The van der Waals surface area contributed by atoms with E-state index in [-0.39, 0.29) is 56.2 Å². The molecule has 2 saturated heterocycles. The van der Waals surface area contributed by atoms with Crippen molar-refractivity contribution in [2.75, 3.05) is 25.9 Å². The molecule has 1 aromatic heterocycles. The number of rotatable bonds is 10. The summed E-state index contributed by atoms with van der Waals surface area (Å²) in [6.45, 7) is 4.63. The van der Waals surface area contributed by atoms with E-state index in [1.54, 1.807) is 61.9 Å². The lowest BCUT2D eigenvalue weighted by Crippen LogP contribution is -2.76. The summed E-state index contributed by atoms with van der Waals surface area (Å²) in [4.78, 5) is 51.4. The van der Waals surface area contributed by atoms with E-state index in [0.29, 0.717) is 12.2 Å². The molecule has 10 nitrogen and oxygen atoms in total. The summed E-state index contributed by atoms with van der Waals surface area (Å²) >= 11 is 1.67. The molecule has 2 fully saturated rings. The number of fused-ring (bicyclic) bond motifs is 1. The number of carbonyl (C=O) groups is 3. The Labute approximate surface area is 284 Å². The Morgan fingerprint density at radius 3 is 2.44 bits per heavy atom. The number of urea groups is 1. The number of carbonyl (C=O) groups excluding carboxylic acids is 3. The predicted octanol–water partition coefficient (Wildman–Crippen LogP) is 4.91. The quantitative estimate of drug-likeness (QED) is 0.184. The van der Waals surface area contributed by atoms with Gasteiger partial charge in [0.25, 0.3) is 0 Å². The van der Waals surface area contributed by atoms with Gasteiger partial charge in [-0.1, -0.05) is 66.7 Å². The second-order valence-electron chi connectivity index (χ2n) is 11.8. The van der Waals surface area contributed by atoms with Gasteiger partial charge in [-0.15, -0.1) is 18.3 Å². The number of piperazine rings is 1. The fourth-order valence-electron chi connectivity index (χ4n) is 6.24. The summed E-state index contributed by atoms with van der Waals surface area (Å²) in [7, 11) is 0. The van der Waals surface area contributed by atoms with E-state index in [1.807, 2.05) is 66.9 Å². The summed E-state index contributed by atoms with van der Waals surface area (Å²) in [5.41, 5.74) is 4.17. The van der Waals surface area contributed by atoms with Crippen molar-refractivity contribution >= 4 is 29.6 Å². The zero-order chi connectivity index (χ0) is 33.6. The molecular weight excluding hydrogens is 625 g/mol. The first-order valence-corrected chi connectivity index (χ1v) is 17.0. The number of nitrogens with zero attached hydrogens (tertiary/aromatic N) is 5. The van der Waals surface area contributed by atoms with Crippen molar-refractivity contribution in [2.45, 2.75) is 36.6 Å². The lowest BCUT2D eigenvalue weighted by molar-refractivity contribution is -0.189. The van der Waals surface area contributed by atoms with Crippen LogP contribution in [0.25, 0.3) is 11.3 Å². The minimum absolute atomic E-state index is 0.0838. The molecular formula is C37H38N6O4S. The summed E-state index contributed by atoms with van der Waals surface area (Å²) in [6.07, 6.45) is 3.13. The first-order chi connectivity index (χ1) is 23.3. The molecule has 0 bridgehead atoms. The highest BCUT2D eigenvalue weighted by molar-refractivity contribution is 7.98. The van der Waals surface area contributed by atoms with E-state index in [1.165, 1.54) is 0 Å². The normalized spacial score (nSPS) is 18.1. The number of phenols is 1. The van der Waals surface area contributed by atoms with Crippen LogP contribution in [0, 0.1) is 0 Å². The largest absolute Gasteiger partial charge is 0.508 e. The van der Waals surface area contributed by atoms with Crippen LogP contribution in [0.3, 0.4) is 0 Å². The van der Waals surface area contributed by atoms with Gasteiger partial charge in [0.05, 0.1) is 31.0 Å². The van der Waals surface area contributed by atoms with Gasteiger partial charge in [-0.05, 0) is 53.8 Å². The predicted molar refractivity (Wildman–Crippen MR) is 185 cm³/mol. The third-order valence-corrected chi connectivity index (χ3v) is 9.32. The number of pyridine rings is 1. The van der Waals surface area contributed by atoms with Gasteiger partial charge in [-0.3, -0.25) is 14.6 Å². The maximum Gasteiger partial charge on any atom is 0.334 e. The molecule has 2 N–H and O–H groups in total. The average Bonchev–Trinajstić information content (AvgIpc) is 3.10. The highest BCUT2D eigenvalue weighted by Gasteiger charge is 2.51. The van der Waals surface area contributed by atoms with Crippen LogP contribution < -0.4 is 5.32 Å². The second-order valence-corrected chi connectivity index (χ2v) is 12.6. The van der Waals surface area contributed by atoms with E-state index in [4.69, 9.17) is 4.98 Å². The van der Waals surface area contributed by atoms with E-state index in [9.17, 15) is 19.5 Å². The molecule has 0 saturated carbocycles. The summed E-state index contributed by atoms with van der Waals surface area (Å²) in [6, 6.07) is 28.9. The van der Waals surface area contributed by atoms with Crippen LogP contribution in [0.2, 0.25) is 0 Å². The number of aromatic hydroxyl groups is 1. The molecule has 48 heavy (non-hydrogen) atoms. The maximum absolute atomic E-state index is 14.3. The fourth-order valence-corrected chi connectivity index (χ4v) is 6.65. The monoisotopic (exact) mass is 662 g/mol. The molecule has 3 heterocycles. The van der Waals surface area contributed by atoms with E-state index in [0.717, 1.165) is 27.3 Å². The van der Waals surface area contributed by atoms with Crippen molar-refractivity contribution in [3.8, 4) is 17.0 Å². The average molecular weight is 663 g/mol. The van der Waals surface area contributed by atoms with E-state index >= 15 is 0 Å². The molecule has 0 spiro atoms. The number of hydrogen-bond donors (Lipinski definition) is 2. The number of aromatic nitrogens is 1. The van der Waals surface area contributed by atoms with Crippen LogP contribution in [0.5, 0.6) is 5.75 Å². The van der Waals surface area contributed by atoms with Gasteiger partial charge >= 0.3 is 6.03 Å². The lowest BCUT2D eigenvalue weighted by Gasteiger charge is -2.55. The molecule has 246 valence electrons. The maximum atomic E-state index is 14.3. The van der Waals surface area contributed by atoms with Crippen molar-refractivity contribution in [3.05, 3.63) is 127 Å². The van der Waals surface area contributed by atoms with Crippen molar-refractivity contribution < 1.29 is 19.5 Å². The lowest BCUT2D eigenvalue weighted by atomic mass is 9.98. The number of thioether (sulfide) groups is 1. The fraction of sp³-hybridized carbons (Fsp3) is 0.243. The highest BCUT2D eigenvalue weighted by atomic mass is 32.2. The van der Waals surface area contributed by atoms with Gasteiger partial charge in [0.15, 0.2) is 0 Å². The van der Waals surface area contributed by atoms with Gasteiger partial charge in [0.2, 0.25) is 11.8 Å². The van der Waals surface area contributed by atoms with Crippen molar-refractivity contribution in [2.24, 2.45) is 0 Å². The van der Waals surface area contributed by atoms with Crippen molar-refractivity contribution in [1.29, 1.82) is 0 Å². The number of nitrogens with one attached hydrogen (secondary N) is 1. The van der Waals surface area contributed by atoms with Gasteiger partial charge in [-0.2, -0.15) is 0 Å². The Hall–Kier alpha value is -5.13. The second kappa shape index (κ2) is 14.7. The summed E-state index contributed by atoms with van der Waals surface area (Å²) in [5, 5.41) is 16.1. The molecule has 0 aliphatic carbocycles. The van der Waals surface area contributed by atoms with Crippen LogP contribution >= 0.6 is 11.8 Å². The third-order valence-electron chi connectivity index (χ3n) is 8.58. The standard InChI is InChI=1S/C37H38N6O4S/c1-3-20-41-25-35(45)42-33(21-26-12-16-30(44)17-13-26)36(46)40(24-34(42)43(41)37(47)38-22-27-8-5-4-6-9-27)23-29-10-7-11-32(39-29)28-14-18-31(48-2)19-15-28/h3-19,33-34,44H,1,20-25H2,2H3,(H,38,47)/t33-,34?/m0/s1. The molecule has 11 heteroatoms. The molecule has 0 radical (unpaired) electrons. The number of hydrazine groups is 1. The summed E-state index contributed by atoms with van der Waals surface area (Å²) in [5.74, 6) is -0.372. The van der Waals surface area contributed by atoms with Crippen LogP contribution in [0.1, 0.15) is 16.8 Å². The molecule has 2 aliphatic heterocycles. The highest BCUT2D eigenvalue weighted by Crippen LogP contribution is 2.30. The zero-order valence-corrected chi connectivity index (χ0v) is 27.6. The van der Waals surface area contributed by atoms with E-state index in [2.05, 4.69) is 24.0 Å². The Bertz CT molecular complexity index is 1770. The van der Waals surface area contributed by atoms with Gasteiger partial charge < -0.3 is 20.2 Å². The first kappa shape index (κ1) is 32.8. The Morgan fingerprint density at radius 1 is 0.979 bits per heavy atom. The molecule has 1 unspecified atom stereocenters. The molecule has 6 rings (SSSR count). The Balaban J connectivity index is 1.33.